The summed E-state index contributed by atoms with van der Waals surface area (Å²) in [5, 5.41) is 8.21. The predicted octanol–water partition coefficient (Wildman–Crippen LogP) is 3.67. The Morgan fingerprint density at radius 2 is 1.97 bits per heavy atom. The van der Waals surface area contributed by atoms with Crippen LogP contribution in [0.1, 0.15) is 42.6 Å². The molecule has 32 heavy (non-hydrogen) atoms. The molecule has 5 rings (SSSR count). The van der Waals surface area contributed by atoms with Crippen molar-refractivity contribution >= 4 is 28.2 Å². The van der Waals surface area contributed by atoms with Crippen LogP contribution in [0.4, 0.5) is 11.5 Å². The molecule has 0 radical (unpaired) electrons. The fourth-order valence-electron chi connectivity index (χ4n) is 3.78. The maximum absolute atomic E-state index is 12.1. The number of hydrogen-bond donors (Lipinski definition) is 2. The lowest BCUT2D eigenvalue weighted by Gasteiger charge is -2.23. The van der Waals surface area contributed by atoms with E-state index in [1.165, 1.54) is 0 Å². The minimum atomic E-state index is 0.0351. The molecule has 1 aliphatic heterocycles. The number of rotatable bonds is 4. The van der Waals surface area contributed by atoms with Crippen molar-refractivity contribution in [3.8, 4) is 11.8 Å². The largest absolute Gasteiger partial charge is 0.379 e. The van der Waals surface area contributed by atoms with Crippen LogP contribution in [0.15, 0.2) is 36.8 Å². The quantitative estimate of drug-likeness (QED) is 0.618. The van der Waals surface area contributed by atoms with Gasteiger partial charge in [-0.25, -0.2) is 9.97 Å². The number of fused-ring (bicyclic) bond motifs is 1. The molecule has 4 heterocycles. The summed E-state index contributed by atoms with van der Waals surface area (Å²) in [5.41, 5.74) is 3.30. The number of carbonyl (C=O) groups excluding carboxylic acids is 1. The number of aromatic nitrogens is 3. The third-order valence-corrected chi connectivity index (χ3v) is 5.79. The van der Waals surface area contributed by atoms with Gasteiger partial charge >= 0.3 is 0 Å². The Bertz CT molecular complexity index is 1200. The van der Waals surface area contributed by atoms with E-state index >= 15 is 0 Å². The van der Waals surface area contributed by atoms with Gasteiger partial charge in [0.15, 0.2) is 0 Å². The SMILES string of the molecule is Cc1ncc(C#Cc2ccc(NC3CCCOC3)cn2)c2cc(NC(=O)C3CC3)ncc12. The zero-order chi connectivity index (χ0) is 21.9. The van der Waals surface area contributed by atoms with Gasteiger partial charge in [-0.2, -0.15) is 0 Å². The Morgan fingerprint density at radius 3 is 2.72 bits per heavy atom. The van der Waals surface area contributed by atoms with E-state index in [1.807, 2.05) is 25.1 Å². The highest BCUT2D eigenvalue weighted by Gasteiger charge is 2.29. The lowest BCUT2D eigenvalue weighted by Crippen LogP contribution is -2.29. The van der Waals surface area contributed by atoms with Crippen LogP contribution in [0, 0.1) is 24.7 Å². The number of ether oxygens (including phenoxy) is 1. The average molecular weight is 428 g/mol. The van der Waals surface area contributed by atoms with Crippen LogP contribution in [0.5, 0.6) is 0 Å². The molecule has 1 saturated heterocycles. The average Bonchev–Trinajstić information content (AvgIpc) is 3.66. The molecule has 0 bridgehead atoms. The Kier molecular flexibility index (Phi) is 5.70. The van der Waals surface area contributed by atoms with Crippen molar-refractivity contribution in [3.63, 3.8) is 0 Å². The van der Waals surface area contributed by atoms with Gasteiger partial charge in [0, 0.05) is 47.4 Å². The molecular formula is C25H25N5O2. The van der Waals surface area contributed by atoms with Gasteiger partial charge in [-0.3, -0.25) is 9.78 Å². The number of pyridine rings is 3. The van der Waals surface area contributed by atoms with Crippen molar-refractivity contribution in [1.82, 2.24) is 15.0 Å². The molecule has 2 N–H and O–H groups in total. The fraction of sp³-hybridized carbons (Fsp3) is 0.360. The van der Waals surface area contributed by atoms with Crippen LogP contribution in [0.25, 0.3) is 10.8 Å². The van der Waals surface area contributed by atoms with Crippen molar-refractivity contribution in [2.45, 2.75) is 38.6 Å². The molecule has 0 spiro atoms. The van der Waals surface area contributed by atoms with Gasteiger partial charge in [0.2, 0.25) is 5.91 Å². The second-order valence-electron chi connectivity index (χ2n) is 8.38. The highest BCUT2D eigenvalue weighted by molar-refractivity contribution is 5.96. The zero-order valence-electron chi connectivity index (χ0n) is 18.0. The summed E-state index contributed by atoms with van der Waals surface area (Å²) in [7, 11) is 0. The van der Waals surface area contributed by atoms with E-state index in [1.54, 1.807) is 18.6 Å². The summed E-state index contributed by atoms with van der Waals surface area (Å²) >= 11 is 0. The molecule has 162 valence electrons. The van der Waals surface area contributed by atoms with Gasteiger partial charge in [-0.1, -0.05) is 5.92 Å². The fourth-order valence-corrected chi connectivity index (χ4v) is 3.78. The number of nitrogens with one attached hydrogen (secondary N) is 2. The third-order valence-electron chi connectivity index (χ3n) is 5.79. The summed E-state index contributed by atoms with van der Waals surface area (Å²) in [6, 6.07) is 6.11. The Balaban J connectivity index is 1.36. The van der Waals surface area contributed by atoms with Gasteiger partial charge in [0.1, 0.15) is 11.5 Å². The van der Waals surface area contributed by atoms with E-state index < -0.39 is 0 Å². The molecular weight excluding hydrogens is 402 g/mol. The monoisotopic (exact) mass is 427 g/mol. The Morgan fingerprint density at radius 1 is 1.06 bits per heavy atom. The van der Waals surface area contributed by atoms with E-state index in [-0.39, 0.29) is 11.8 Å². The van der Waals surface area contributed by atoms with Gasteiger partial charge in [0.05, 0.1) is 24.1 Å². The molecule has 1 aliphatic carbocycles. The number of hydrogen-bond acceptors (Lipinski definition) is 6. The highest BCUT2D eigenvalue weighted by Crippen LogP contribution is 2.30. The summed E-state index contributed by atoms with van der Waals surface area (Å²) < 4.78 is 5.51. The molecule has 7 nitrogen and oxygen atoms in total. The first-order valence-electron chi connectivity index (χ1n) is 11.0. The lowest BCUT2D eigenvalue weighted by molar-refractivity contribution is -0.117. The van der Waals surface area contributed by atoms with Crippen LogP contribution >= 0.6 is 0 Å². The van der Waals surface area contributed by atoms with E-state index in [0.717, 1.165) is 66.6 Å². The highest BCUT2D eigenvalue weighted by atomic mass is 16.5. The minimum Gasteiger partial charge on any atom is -0.379 e. The predicted molar refractivity (Wildman–Crippen MR) is 123 cm³/mol. The van der Waals surface area contributed by atoms with Crippen molar-refractivity contribution in [2.24, 2.45) is 5.92 Å². The molecule has 7 heteroatoms. The normalized spacial score (nSPS) is 18.0. The third kappa shape index (κ3) is 4.71. The zero-order valence-corrected chi connectivity index (χ0v) is 18.0. The molecule has 3 aromatic rings. The molecule has 1 atom stereocenters. The van der Waals surface area contributed by atoms with E-state index in [2.05, 4.69) is 37.4 Å². The van der Waals surface area contributed by atoms with Crippen molar-refractivity contribution in [3.05, 3.63) is 53.7 Å². The number of anilines is 2. The lowest BCUT2D eigenvalue weighted by atomic mass is 10.1. The minimum absolute atomic E-state index is 0.0351. The van der Waals surface area contributed by atoms with Crippen LogP contribution in [0.2, 0.25) is 0 Å². The van der Waals surface area contributed by atoms with Crippen LogP contribution in [-0.4, -0.2) is 40.1 Å². The van der Waals surface area contributed by atoms with Gasteiger partial charge in [-0.15, -0.1) is 0 Å². The topological polar surface area (TPSA) is 89.0 Å². The van der Waals surface area contributed by atoms with E-state index in [4.69, 9.17) is 4.74 Å². The Labute approximate surface area is 187 Å². The van der Waals surface area contributed by atoms with Crippen LogP contribution in [-0.2, 0) is 9.53 Å². The molecule has 2 aliphatic rings. The standard InChI is InChI=1S/C25H25N5O2/c1-16-23-14-28-24(30-25(31)17-4-5-17)11-22(23)18(12-26-16)6-7-19-8-9-20(13-27-19)29-21-3-2-10-32-15-21/h8-9,11-14,17,21,29H,2-5,10,15H2,1H3,(H,28,30,31). The summed E-state index contributed by atoms with van der Waals surface area (Å²) in [6.45, 7) is 3.51. The molecule has 1 amide bonds. The number of nitrogens with zero attached hydrogens (tertiary/aromatic N) is 3. The number of amides is 1. The van der Waals surface area contributed by atoms with Crippen LogP contribution < -0.4 is 10.6 Å². The number of carbonyl (C=O) groups is 1. The smallest absolute Gasteiger partial charge is 0.228 e. The van der Waals surface area contributed by atoms with Crippen molar-refractivity contribution < 1.29 is 9.53 Å². The first-order valence-corrected chi connectivity index (χ1v) is 11.0. The molecule has 1 saturated carbocycles. The summed E-state index contributed by atoms with van der Waals surface area (Å²) in [5.74, 6) is 7.03. The second kappa shape index (κ2) is 8.93. The van der Waals surface area contributed by atoms with Crippen LogP contribution in [0.3, 0.4) is 0 Å². The molecule has 1 unspecified atom stereocenters. The first-order chi connectivity index (χ1) is 15.7. The van der Waals surface area contributed by atoms with Crippen molar-refractivity contribution in [1.29, 1.82) is 0 Å². The first kappa shape index (κ1) is 20.4. The molecule has 3 aromatic heterocycles. The summed E-state index contributed by atoms with van der Waals surface area (Å²) in [4.78, 5) is 25.4. The number of aryl methyl sites for hydroxylation is 1. The Hall–Kier alpha value is -3.50. The van der Waals surface area contributed by atoms with E-state index in [9.17, 15) is 4.79 Å². The van der Waals surface area contributed by atoms with Gasteiger partial charge in [-0.05, 0) is 56.7 Å². The second-order valence-corrected chi connectivity index (χ2v) is 8.38. The van der Waals surface area contributed by atoms with E-state index in [0.29, 0.717) is 17.6 Å². The van der Waals surface area contributed by atoms with Gasteiger partial charge < -0.3 is 15.4 Å². The summed E-state index contributed by atoms with van der Waals surface area (Å²) in [6.07, 6.45) is 9.40. The molecule has 2 fully saturated rings. The van der Waals surface area contributed by atoms with Crippen molar-refractivity contribution in [2.75, 3.05) is 23.8 Å². The molecule has 0 aromatic carbocycles. The maximum atomic E-state index is 12.1. The van der Waals surface area contributed by atoms with Gasteiger partial charge in [0.25, 0.3) is 0 Å². The maximum Gasteiger partial charge on any atom is 0.228 e.